The predicted octanol–water partition coefficient (Wildman–Crippen LogP) is 3.48. The molecule has 1 rings (SSSR count). The van der Waals surface area contributed by atoms with E-state index in [1.165, 1.54) is 18.4 Å². The predicted molar refractivity (Wildman–Crippen MR) is 52.9 cm³/mol. The molecule has 0 aromatic heterocycles. The smallest absolute Gasteiger partial charge is 0.0121 e. The van der Waals surface area contributed by atoms with Crippen molar-refractivity contribution < 1.29 is 0 Å². The molecule has 0 N–H and O–H groups in total. The van der Waals surface area contributed by atoms with Crippen LogP contribution in [0.4, 0.5) is 0 Å². The highest BCUT2D eigenvalue weighted by atomic mass is 14.3. The van der Waals surface area contributed by atoms with Gasteiger partial charge in [0, 0.05) is 0 Å². The van der Waals surface area contributed by atoms with Gasteiger partial charge in [-0.1, -0.05) is 38.0 Å². The van der Waals surface area contributed by atoms with Crippen molar-refractivity contribution >= 4 is 0 Å². The monoisotopic (exact) mass is 160 g/mol. The Hall–Kier alpha value is -0.960. The fourth-order valence-electron chi connectivity index (χ4n) is 1.57. The Labute approximate surface area is 75.0 Å². The van der Waals surface area contributed by atoms with Crippen LogP contribution in [0, 0.1) is 11.8 Å². The summed E-state index contributed by atoms with van der Waals surface area (Å²) in [6.45, 7) is 8.19. The third-order valence-electron chi connectivity index (χ3n) is 2.56. The highest BCUT2D eigenvalue weighted by Gasteiger charge is 2.22. The zero-order chi connectivity index (χ0) is 8.97. The van der Waals surface area contributed by atoms with Gasteiger partial charge in [0.25, 0.3) is 0 Å². The molecule has 0 amide bonds. The van der Waals surface area contributed by atoms with Gasteiger partial charge in [0.1, 0.15) is 0 Å². The summed E-state index contributed by atoms with van der Waals surface area (Å²) in [4.78, 5) is 0. The van der Waals surface area contributed by atoms with Crippen molar-refractivity contribution in [1.29, 1.82) is 0 Å². The molecule has 0 bridgehead atoms. The first kappa shape index (κ1) is 9.13. The van der Waals surface area contributed by atoms with Crippen molar-refractivity contribution in [2.24, 2.45) is 11.8 Å². The molecule has 2 unspecified atom stereocenters. The molecule has 0 aromatic carbocycles. The minimum atomic E-state index is 0.818. The highest BCUT2D eigenvalue weighted by molar-refractivity contribution is 5.10. The molecule has 1 aliphatic rings. The molecular formula is C12H16. The summed E-state index contributed by atoms with van der Waals surface area (Å²) in [7, 11) is 0. The molecule has 0 nitrogen and oxygen atoms in total. The first-order valence-electron chi connectivity index (χ1n) is 4.54. The molecule has 0 aromatic rings. The summed E-state index contributed by atoms with van der Waals surface area (Å²) in [5.74, 6) is 1.64. The van der Waals surface area contributed by atoms with E-state index in [2.05, 4.69) is 31.9 Å². The van der Waals surface area contributed by atoms with Crippen LogP contribution in [0.2, 0.25) is 0 Å². The second-order valence-corrected chi connectivity index (χ2v) is 3.64. The van der Waals surface area contributed by atoms with Crippen molar-refractivity contribution in [3.8, 4) is 0 Å². The van der Waals surface area contributed by atoms with E-state index in [0.29, 0.717) is 0 Å². The van der Waals surface area contributed by atoms with Gasteiger partial charge < -0.3 is 0 Å². The first-order valence-corrected chi connectivity index (χ1v) is 4.54. The summed E-state index contributed by atoms with van der Waals surface area (Å²) >= 11 is 0. The van der Waals surface area contributed by atoms with Crippen molar-refractivity contribution in [3.63, 3.8) is 0 Å². The van der Waals surface area contributed by atoms with E-state index >= 15 is 0 Å². The molecule has 0 radical (unpaired) electrons. The topological polar surface area (TPSA) is 0 Å². The Morgan fingerprint density at radius 2 is 1.92 bits per heavy atom. The second-order valence-electron chi connectivity index (χ2n) is 3.64. The van der Waals surface area contributed by atoms with Crippen LogP contribution < -0.4 is 0 Å². The Kier molecular flexibility index (Phi) is 3.17. The number of rotatable bonds is 1. The van der Waals surface area contributed by atoms with E-state index in [0.717, 1.165) is 11.8 Å². The molecule has 0 heterocycles. The Bertz CT molecular complexity index is 246. The number of hydrogen-bond donors (Lipinski definition) is 0. The van der Waals surface area contributed by atoms with Crippen LogP contribution in [0.3, 0.4) is 0 Å². The third-order valence-corrected chi connectivity index (χ3v) is 2.56. The number of hydrogen-bond acceptors (Lipinski definition) is 0. The Morgan fingerprint density at radius 1 is 1.33 bits per heavy atom. The lowest BCUT2D eigenvalue weighted by Gasteiger charge is -2.04. The summed E-state index contributed by atoms with van der Waals surface area (Å²) in [5.41, 5.74) is 7.58. The van der Waals surface area contributed by atoms with Crippen LogP contribution >= 0.6 is 0 Å². The average molecular weight is 160 g/mol. The standard InChI is InChI=1S/C12H16/c1-4-5-6-7-12-8-10(2)11(3)9-12/h4-5,10-11H,1,8-9H2,2-3H3. The SMILES string of the molecule is C=CC=C=C=C1CC(C)C(C)C1. The molecule has 12 heavy (non-hydrogen) atoms. The van der Waals surface area contributed by atoms with Crippen molar-refractivity contribution in [3.05, 3.63) is 35.8 Å². The lowest BCUT2D eigenvalue weighted by atomic mass is 10.0. The average Bonchev–Trinajstić information content (AvgIpc) is 2.32. The van der Waals surface area contributed by atoms with Crippen LogP contribution in [-0.2, 0) is 0 Å². The van der Waals surface area contributed by atoms with Crippen LogP contribution in [0.1, 0.15) is 26.7 Å². The van der Waals surface area contributed by atoms with E-state index in [9.17, 15) is 0 Å². The van der Waals surface area contributed by atoms with E-state index in [1.54, 1.807) is 12.2 Å². The lowest BCUT2D eigenvalue weighted by Crippen LogP contribution is -1.95. The van der Waals surface area contributed by atoms with E-state index in [1.807, 2.05) is 0 Å². The van der Waals surface area contributed by atoms with Gasteiger partial charge in [-0.05, 0) is 36.3 Å². The maximum atomic E-state index is 3.59. The van der Waals surface area contributed by atoms with E-state index < -0.39 is 0 Å². The molecule has 0 saturated heterocycles. The molecule has 0 spiro atoms. The van der Waals surface area contributed by atoms with Gasteiger partial charge in [-0.15, -0.1) is 0 Å². The Balaban J connectivity index is 2.74. The normalized spacial score (nSPS) is 27.7. The summed E-state index contributed by atoms with van der Waals surface area (Å²) in [6, 6.07) is 0. The molecule has 2 atom stereocenters. The lowest BCUT2D eigenvalue weighted by molar-refractivity contribution is 0.457. The van der Waals surface area contributed by atoms with Gasteiger partial charge in [0.15, 0.2) is 0 Å². The second kappa shape index (κ2) is 4.16. The first-order chi connectivity index (χ1) is 5.74. The summed E-state index contributed by atoms with van der Waals surface area (Å²) in [5, 5.41) is 0. The zero-order valence-electron chi connectivity index (χ0n) is 7.93. The molecule has 1 fully saturated rings. The zero-order valence-corrected chi connectivity index (χ0v) is 7.93. The molecule has 0 aliphatic heterocycles. The minimum absolute atomic E-state index is 0.818. The minimum Gasteiger partial charge on any atom is -0.0984 e. The molecule has 1 saturated carbocycles. The van der Waals surface area contributed by atoms with Gasteiger partial charge in [0.2, 0.25) is 0 Å². The Morgan fingerprint density at radius 3 is 2.42 bits per heavy atom. The van der Waals surface area contributed by atoms with Crippen LogP contribution in [0.25, 0.3) is 0 Å². The summed E-state index contributed by atoms with van der Waals surface area (Å²) < 4.78 is 0. The van der Waals surface area contributed by atoms with Crippen molar-refractivity contribution in [1.82, 2.24) is 0 Å². The van der Waals surface area contributed by atoms with Gasteiger partial charge in [-0.2, -0.15) is 0 Å². The van der Waals surface area contributed by atoms with Gasteiger partial charge in [-0.25, -0.2) is 0 Å². The van der Waals surface area contributed by atoms with E-state index in [4.69, 9.17) is 0 Å². The van der Waals surface area contributed by atoms with Crippen LogP contribution in [-0.4, -0.2) is 0 Å². The maximum absolute atomic E-state index is 3.59. The largest absolute Gasteiger partial charge is 0.0984 e. The molecule has 1 aliphatic carbocycles. The highest BCUT2D eigenvalue weighted by Crippen LogP contribution is 2.34. The van der Waals surface area contributed by atoms with Gasteiger partial charge in [-0.3, -0.25) is 0 Å². The van der Waals surface area contributed by atoms with Crippen LogP contribution in [0.15, 0.2) is 35.8 Å². The van der Waals surface area contributed by atoms with Crippen molar-refractivity contribution in [2.75, 3.05) is 0 Å². The maximum Gasteiger partial charge on any atom is -0.0121 e. The van der Waals surface area contributed by atoms with Crippen LogP contribution in [0.5, 0.6) is 0 Å². The third kappa shape index (κ3) is 2.27. The molecule has 0 heteroatoms. The van der Waals surface area contributed by atoms with E-state index in [-0.39, 0.29) is 0 Å². The molecular weight excluding hydrogens is 144 g/mol. The van der Waals surface area contributed by atoms with Gasteiger partial charge >= 0.3 is 0 Å². The summed E-state index contributed by atoms with van der Waals surface area (Å²) in [6.07, 6.45) is 5.92. The molecule has 64 valence electrons. The quantitative estimate of drug-likeness (QED) is 0.407. The van der Waals surface area contributed by atoms with Crippen molar-refractivity contribution in [2.45, 2.75) is 26.7 Å². The fourth-order valence-corrected chi connectivity index (χ4v) is 1.57. The number of allylic oxidation sites excluding steroid dienone is 3. The fraction of sp³-hybridized carbons (Fsp3) is 0.500. The van der Waals surface area contributed by atoms with Gasteiger partial charge in [0.05, 0.1) is 0 Å².